The molecule has 0 radical (unpaired) electrons. The van der Waals surface area contributed by atoms with Crippen LogP contribution >= 0.6 is 0 Å². The highest BCUT2D eigenvalue weighted by atomic mass is 16.2. The van der Waals surface area contributed by atoms with Crippen molar-refractivity contribution in [2.24, 2.45) is 0 Å². The average molecular weight is 169 g/mol. The highest BCUT2D eigenvalue weighted by Crippen LogP contribution is 2.28. The molecule has 1 aliphatic carbocycles. The van der Waals surface area contributed by atoms with Crippen molar-refractivity contribution in [1.82, 2.24) is 15.5 Å². The van der Waals surface area contributed by atoms with Crippen molar-refractivity contribution >= 4 is 6.03 Å². The summed E-state index contributed by atoms with van der Waals surface area (Å²) in [5, 5.41) is 6.02. The van der Waals surface area contributed by atoms with Gasteiger partial charge >= 0.3 is 6.03 Å². The Balaban J connectivity index is 1.88. The second-order valence-corrected chi connectivity index (χ2v) is 3.59. The van der Waals surface area contributed by atoms with Crippen LogP contribution in [0.1, 0.15) is 12.8 Å². The second-order valence-electron chi connectivity index (χ2n) is 3.59. The number of nitrogens with one attached hydrogen (secondary N) is 2. The molecule has 68 valence electrons. The number of hydrogen-bond donors (Lipinski definition) is 2. The van der Waals surface area contributed by atoms with Crippen molar-refractivity contribution in [1.29, 1.82) is 0 Å². The molecule has 0 bridgehead atoms. The molecule has 0 aromatic rings. The lowest BCUT2D eigenvalue weighted by Gasteiger charge is -2.12. The lowest BCUT2D eigenvalue weighted by molar-refractivity contribution is 0.215. The van der Waals surface area contributed by atoms with Gasteiger partial charge in [-0.3, -0.25) is 0 Å². The summed E-state index contributed by atoms with van der Waals surface area (Å²) in [6.07, 6.45) is 2.39. The smallest absolute Gasteiger partial charge is 0.318 e. The Kier molecular flexibility index (Phi) is 1.92. The maximum Gasteiger partial charge on any atom is 0.318 e. The predicted molar refractivity (Wildman–Crippen MR) is 46.0 cm³/mol. The third-order valence-electron chi connectivity index (χ3n) is 2.44. The van der Waals surface area contributed by atoms with Gasteiger partial charge in [0.05, 0.1) is 6.04 Å². The first-order chi connectivity index (χ1) is 5.81. The van der Waals surface area contributed by atoms with Gasteiger partial charge in [-0.15, -0.1) is 0 Å². The predicted octanol–water partition coefficient (Wildman–Crippen LogP) is -0.238. The summed E-state index contributed by atoms with van der Waals surface area (Å²) in [7, 11) is 1.91. The van der Waals surface area contributed by atoms with Gasteiger partial charge in [0.25, 0.3) is 0 Å². The Hall–Kier alpha value is -0.770. The van der Waals surface area contributed by atoms with Crippen LogP contribution in [0.5, 0.6) is 0 Å². The number of urea groups is 1. The molecule has 2 fully saturated rings. The van der Waals surface area contributed by atoms with Crippen LogP contribution in [-0.2, 0) is 0 Å². The highest BCUT2D eigenvalue weighted by molar-refractivity contribution is 5.77. The van der Waals surface area contributed by atoms with E-state index < -0.39 is 0 Å². The maximum atomic E-state index is 11.3. The summed E-state index contributed by atoms with van der Waals surface area (Å²) in [5.41, 5.74) is 0. The van der Waals surface area contributed by atoms with Gasteiger partial charge in [-0.25, -0.2) is 4.79 Å². The molecule has 4 nitrogen and oxygen atoms in total. The molecule has 2 N–H and O–H groups in total. The van der Waals surface area contributed by atoms with E-state index in [0.717, 1.165) is 13.1 Å². The van der Waals surface area contributed by atoms with E-state index in [9.17, 15) is 4.79 Å². The molecular weight excluding hydrogens is 154 g/mol. The number of carbonyl (C=O) groups excluding carboxylic acids is 1. The quantitative estimate of drug-likeness (QED) is 0.612. The third kappa shape index (κ3) is 1.39. The molecule has 0 spiro atoms. The zero-order valence-corrected chi connectivity index (χ0v) is 7.34. The van der Waals surface area contributed by atoms with Crippen molar-refractivity contribution in [3.05, 3.63) is 0 Å². The maximum absolute atomic E-state index is 11.3. The molecule has 1 heterocycles. The first-order valence-electron chi connectivity index (χ1n) is 4.53. The van der Waals surface area contributed by atoms with Crippen LogP contribution < -0.4 is 10.6 Å². The molecule has 1 saturated heterocycles. The van der Waals surface area contributed by atoms with Crippen LogP contribution in [0.3, 0.4) is 0 Å². The van der Waals surface area contributed by atoms with E-state index in [0.29, 0.717) is 12.1 Å². The van der Waals surface area contributed by atoms with E-state index in [1.165, 1.54) is 12.8 Å². The van der Waals surface area contributed by atoms with Crippen LogP contribution in [0.15, 0.2) is 0 Å². The first-order valence-corrected chi connectivity index (χ1v) is 4.53. The fraction of sp³-hybridized carbons (Fsp3) is 0.875. The summed E-state index contributed by atoms with van der Waals surface area (Å²) < 4.78 is 0. The number of hydrogen-bond acceptors (Lipinski definition) is 2. The van der Waals surface area contributed by atoms with Crippen molar-refractivity contribution in [3.63, 3.8) is 0 Å². The van der Waals surface area contributed by atoms with E-state index in [4.69, 9.17) is 0 Å². The molecule has 12 heavy (non-hydrogen) atoms. The molecule has 0 aromatic heterocycles. The van der Waals surface area contributed by atoms with Gasteiger partial charge in [0.1, 0.15) is 0 Å². The molecule has 2 amide bonds. The van der Waals surface area contributed by atoms with Crippen LogP contribution in [0, 0.1) is 0 Å². The molecule has 1 unspecified atom stereocenters. The molecule has 0 aromatic carbocycles. The van der Waals surface area contributed by atoms with Gasteiger partial charge in [-0.05, 0) is 19.9 Å². The third-order valence-corrected chi connectivity index (χ3v) is 2.44. The Morgan fingerprint density at radius 3 is 3.00 bits per heavy atom. The lowest BCUT2D eigenvalue weighted by Crippen LogP contribution is -2.35. The van der Waals surface area contributed by atoms with Gasteiger partial charge in [-0.1, -0.05) is 0 Å². The first kappa shape index (κ1) is 7.86. The van der Waals surface area contributed by atoms with Crippen molar-refractivity contribution in [2.75, 3.05) is 20.1 Å². The normalized spacial score (nSPS) is 29.2. The molecule has 2 aliphatic rings. The Bertz CT molecular complexity index is 191. The van der Waals surface area contributed by atoms with Gasteiger partial charge in [0, 0.05) is 19.1 Å². The van der Waals surface area contributed by atoms with Crippen molar-refractivity contribution in [3.8, 4) is 0 Å². The second kappa shape index (κ2) is 2.94. The Morgan fingerprint density at radius 1 is 1.67 bits per heavy atom. The standard InChI is InChI=1S/C8H15N3O/c1-9-4-6-5-11(7-2-3-7)8(12)10-6/h6-7,9H,2-5H2,1H3,(H,10,12). The topological polar surface area (TPSA) is 44.4 Å². The van der Waals surface area contributed by atoms with Gasteiger partial charge < -0.3 is 15.5 Å². The number of nitrogens with zero attached hydrogens (tertiary/aromatic N) is 1. The average Bonchev–Trinajstić information content (AvgIpc) is 2.79. The zero-order chi connectivity index (χ0) is 8.55. The molecular formula is C8H15N3O. The van der Waals surface area contributed by atoms with E-state index in [1.54, 1.807) is 0 Å². The highest BCUT2D eigenvalue weighted by Gasteiger charge is 2.38. The Labute approximate surface area is 72.3 Å². The van der Waals surface area contributed by atoms with E-state index in [-0.39, 0.29) is 6.03 Å². The van der Waals surface area contributed by atoms with Gasteiger partial charge in [0.15, 0.2) is 0 Å². The van der Waals surface area contributed by atoms with Crippen LogP contribution in [0.2, 0.25) is 0 Å². The van der Waals surface area contributed by atoms with Gasteiger partial charge in [-0.2, -0.15) is 0 Å². The monoisotopic (exact) mass is 169 g/mol. The number of amides is 2. The Morgan fingerprint density at radius 2 is 2.42 bits per heavy atom. The van der Waals surface area contributed by atoms with E-state index in [2.05, 4.69) is 10.6 Å². The molecule has 1 saturated carbocycles. The van der Waals surface area contributed by atoms with E-state index >= 15 is 0 Å². The number of rotatable bonds is 3. The SMILES string of the molecule is CNCC1CN(C2CC2)C(=O)N1. The van der Waals surface area contributed by atoms with Crippen molar-refractivity contribution < 1.29 is 4.79 Å². The molecule has 1 atom stereocenters. The van der Waals surface area contributed by atoms with Crippen molar-refractivity contribution in [2.45, 2.75) is 24.9 Å². The molecule has 1 aliphatic heterocycles. The minimum Gasteiger partial charge on any atom is -0.332 e. The summed E-state index contributed by atoms with van der Waals surface area (Å²) in [6.45, 7) is 1.75. The summed E-state index contributed by atoms with van der Waals surface area (Å²) in [4.78, 5) is 13.3. The van der Waals surface area contributed by atoms with Crippen LogP contribution in [-0.4, -0.2) is 43.2 Å². The summed E-state index contributed by atoms with van der Waals surface area (Å²) >= 11 is 0. The lowest BCUT2D eigenvalue weighted by atomic mass is 10.3. The number of carbonyl (C=O) groups is 1. The van der Waals surface area contributed by atoms with Crippen LogP contribution in [0.25, 0.3) is 0 Å². The minimum atomic E-state index is 0.123. The summed E-state index contributed by atoms with van der Waals surface area (Å²) in [6, 6.07) is 0.979. The van der Waals surface area contributed by atoms with Gasteiger partial charge in [0.2, 0.25) is 0 Å². The molecule has 2 rings (SSSR count). The van der Waals surface area contributed by atoms with E-state index in [1.807, 2.05) is 11.9 Å². The van der Waals surface area contributed by atoms with Crippen LogP contribution in [0.4, 0.5) is 4.79 Å². The number of likely N-dealkylation sites (N-methyl/N-ethyl adjacent to an activating group) is 1. The minimum absolute atomic E-state index is 0.123. The molecule has 4 heteroatoms. The zero-order valence-electron chi connectivity index (χ0n) is 7.34. The summed E-state index contributed by atoms with van der Waals surface area (Å²) in [5.74, 6) is 0. The fourth-order valence-corrected chi connectivity index (χ4v) is 1.69. The fourth-order valence-electron chi connectivity index (χ4n) is 1.69. The largest absolute Gasteiger partial charge is 0.332 e.